The monoisotopic (exact) mass is 351 g/mol. The van der Waals surface area contributed by atoms with Gasteiger partial charge in [-0.2, -0.15) is 5.26 Å². The molecule has 2 aromatic carbocycles. The number of sulfonamides is 2. The highest BCUT2D eigenvalue weighted by atomic mass is 32.2. The molecule has 0 unspecified atom stereocenters. The van der Waals surface area contributed by atoms with E-state index in [2.05, 4.69) is 9.44 Å². The maximum atomic E-state index is 12.3. The fourth-order valence-electron chi connectivity index (χ4n) is 1.81. The lowest BCUT2D eigenvalue weighted by Crippen LogP contribution is -2.14. The summed E-state index contributed by atoms with van der Waals surface area (Å²) in [6.45, 7) is 0. The lowest BCUT2D eigenvalue weighted by atomic mass is 10.2. The lowest BCUT2D eigenvalue weighted by molar-refractivity contribution is 0.601. The first-order chi connectivity index (χ1) is 10.7. The van der Waals surface area contributed by atoms with Crippen LogP contribution in [0.25, 0.3) is 0 Å². The van der Waals surface area contributed by atoms with Gasteiger partial charge in [0.25, 0.3) is 10.0 Å². The SMILES string of the molecule is CS(=O)(=O)Nc1cccc(NS(=O)(=O)c2cccc(C#N)c2)c1. The minimum Gasteiger partial charge on any atom is -0.284 e. The second-order valence-corrected chi connectivity index (χ2v) is 8.13. The molecule has 0 saturated heterocycles. The molecule has 0 aliphatic rings. The van der Waals surface area contributed by atoms with Gasteiger partial charge < -0.3 is 0 Å². The minimum absolute atomic E-state index is 0.0574. The number of nitrogens with one attached hydrogen (secondary N) is 2. The van der Waals surface area contributed by atoms with Gasteiger partial charge in [0.2, 0.25) is 10.0 Å². The second-order valence-electron chi connectivity index (χ2n) is 4.70. The number of hydrogen-bond donors (Lipinski definition) is 2. The summed E-state index contributed by atoms with van der Waals surface area (Å²) in [5, 5.41) is 8.83. The van der Waals surface area contributed by atoms with Gasteiger partial charge in [-0.15, -0.1) is 0 Å². The van der Waals surface area contributed by atoms with Gasteiger partial charge in [0.15, 0.2) is 0 Å². The molecule has 9 heteroatoms. The van der Waals surface area contributed by atoms with Crippen LogP contribution in [-0.2, 0) is 20.0 Å². The zero-order valence-corrected chi connectivity index (χ0v) is 13.6. The van der Waals surface area contributed by atoms with Gasteiger partial charge in [0.05, 0.1) is 34.2 Å². The highest BCUT2D eigenvalue weighted by molar-refractivity contribution is 7.92. The number of hydrogen-bond acceptors (Lipinski definition) is 5. The molecular formula is C14H13N3O4S2. The van der Waals surface area contributed by atoms with Crippen molar-refractivity contribution in [3.8, 4) is 6.07 Å². The Bertz CT molecular complexity index is 977. The summed E-state index contributed by atoms with van der Waals surface area (Å²) in [7, 11) is -7.35. The molecule has 0 fully saturated rings. The number of nitrogens with zero attached hydrogens (tertiary/aromatic N) is 1. The van der Waals surface area contributed by atoms with E-state index in [-0.39, 0.29) is 21.8 Å². The molecule has 0 amide bonds. The van der Waals surface area contributed by atoms with Gasteiger partial charge in [-0.1, -0.05) is 12.1 Å². The maximum absolute atomic E-state index is 12.3. The third kappa shape index (κ3) is 4.70. The van der Waals surface area contributed by atoms with Crippen molar-refractivity contribution in [2.45, 2.75) is 4.90 Å². The Balaban J connectivity index is 2.30. The van der Waals surface area contributed by atoms with Crippen LogP contribution in [0.15, 0.2) is 53.4 Å². The summed E-state index contributed by atoms with van der Waals surface area (Å²) in [6, 6.07) is 13.3. The minimum atomic E-state index is -3.88. The molecule has 7 nitrogen and oxygen atoms in total. The van der Waals surface area contributed by atoms with E-state index in [4.69, 9.17) is 5.26 Å². The molecule has 0 radical (unpaired) electrons. The van der Waals surface area contributed by atoms with Gasteiger partial charge in [0, 0.05) is 0 Å². The highest BCUT2D eigenvalue weighted by Crippen LogP contribution is 2.20. The van der Waals surface area contributed by atoms with E-state index in [0.29, 0.717) is 0 Å². The molecule has 0 aliphatic carbocycles. The molecule has 0 bridgehead atoms. The fraction of sp³-hybridized carbons (Fsp3) is 0.0714. The third-order valence-electron chi connectivity index (χ3n) is 2.69. The first-order valence-electron chi connectivity index (χ1n) is 6.30. The Hall–Kier alpha value is -2.57. The lowest BCUT2D eigenvalue weighted by Gasteiger charge is -2.10. The normalized spacial score (nSPS) is 11.5. The zero-order chi connectivity index (χ0) is 17.1. The van der Waals surface area contributed by atoms with Crippen molar-refractivity contribution in [1.29, 1.82) is 5.26 Å². The zero-order valence-electron chi connectivity index (χ0n) is 12.0. The van der Waals surface area contributed by atoms with Crippen LogP contribution in [0.2, 0.25) is 0 Å². The average molecular weight is 351 g/mol. The molecule has 2 rings (SSSR count). The average Bonchev–Trinajstić information content (AvgIpc) is 2.45. The van der Waals surface area contributed by atoms with E-state index in [9.17, 15) is 16.8 Å². The van der Waals surface area contributed by atoms with Crippen LogP contribution in [0.4, 0.5) is 11.4 Å². The molecule has 2 N–H and O–H groups in total. The Kier molecular flexibility index (Phi) is 4.58. The predicted octanol–water partition coefficient (Wildman–Crippen LogP) is 1.73. The molecular weight excluding hydrogens is 338 g/mol. The molecule has 0 atom stereocenters. The molecule has 0 spiro atoms. The predicted molar refractivity (Wildman–Crippen MR) is 86.9 cm³/mol. The molecule has 2 aromatic rings. The van der Waals surface area contributed by atoms with Crippen LogP contribution in [0, 0.1) is 11.3 Å². The van der Waals surface area contributed by atoms with Gasteiger partial charge in [0.1, 0.15) is 0 Å². The van der Waals surface area contributed by atoms with Crippen LogP contribution in [0.1, 0.15) is 5.56 Å². The van der Waals surface area contributed by atoms with Crippen molar-refractivity contribution >= 4 is 31.4 Å². The Morgan fingerprint density at radius 1 is 0.913 bits per heavy atom. The molecule has 0 aliphatic heterocycles. The summed E-state index contributed by atoms with van der Waals surface area (Å²) in [4.78, 5) is -0.0574. The van der Waals surface area contributed by atoms with Gasteiger partial charge in [-0.05, 0) is 36.4 Å². The van der Waals surface area contributed by atoms with E-state index < -0.39 is 20.0 Å². The molecule has 0 heterocycles. The third-order valence-corrected chi connectivity index (χ3v) is 4.68. The van der Waals surface area contributed by atoms with Gasteiger partial charge >= 0.3 is 0 Å². The molecule has 0 aromatic heterocycles. The standard InChI is InChI=1S/C14H13N3O4S2/c1-22(18,19)16-12-5-3-6-13(9-12)17-23(20,21)14-7-2-4-11(8-14)10-15/h2-9,16-17H,1H3. The fourth-order valence-corrected chi connectivity index (χ4v) is 3.46. The second kappa shape index (κ2) is 6.28. The van der Waals surface area contributed by atoms with Crippen LogP contribution in [0.3, 0.4) is 0 Å². The van der Waals surface area contributed by atoms with E-state index in [1.165, 1.54) is 48.5 Å². The smallest absolute Gasteiger partial charge is 0.261 e. The topological polar surface area (TPSA) is 116 Å². The van der Waals surface area contributed by atoms with E-state index >= 15 is 0 Å². The quantitative estimate of drug-likeness (QED) is 0.851. The van der Waals surface area contributed by atoms with Crippen molar-refractivity contribution in [3.63, 3.8) is 0 Å². The van der Waals surface area contributed by atoms with Crippen molar-refractivity contribution in [2.75, 3.05) is 15.7 Å². The maximum Gasteiger partial charge on any atom is 0.261 e. The summed E-state index contributed by atoms with van der Waals surface area (Å²) < 4.78 is 51.6. The Morgan fingerprint density at radius 2 is 1.52 bits per heavy atom. The molecule has 23 heavy (non-hydrogen) atoms. The van der Waals surface area contributed by atoms with Crippen molar-refractivity contribution in [3.05, 3.63) is 54.1 Å². The highest BCUT2D eigenvalue weighted by Gasteiger charge is 2.15. The van der Waals surface area contributed by atoms with Crippen molar-refractivity contribution in [2.24, 2.45) is 0 Å². The van der Waals surface area contributed by atoms with Crippen molar-refractivity contribution < 1.29 is 16.8 Å². The number of rotatable bonds is 5. The summed E-state index contributed by atoms with van der Waals surface area (Å²) in [6.07, 6.45) is 0.997. The Labute approximate surface area is 134 Å². The van der Waals surface area contributed by atoms with E-state index in [0.717, 1.165) is 6.26 Å². The first kappa shape index (κ1) is 16.8. The number of anilines is 2. The summed E-state index contributed by atoms with van der Waals surface area (Å²) >= 11 is 0. The first-order valence-corrected chi connectivity index (χ1v) is 9.68. The van der Waals surface area contributed by atoms with Crippen LogP contribution < -0.4 is 9.44 Å². The van der Waals surface area contributed by atoms with E-state index in [1.54, 1.807) is 0 Å². The summed E-state index contributed by atoms with van der Waals surface area (Å²) in [5.74, 6) is 0. The van der Waals surface area contributed by atoms with Gasteiger partial charge in [-0.25, -0.2) is 16.8 Å². The number of nitriles is 1. The molecule has 0 saturated carbocycles. The van der Waals surface area contributed by atoms with E-state index in [1.807, 2.05) is 6.07 Å². The van der Waals surface area contributed by atoms with Crippen molar-refractivity contribution in [1.82, 2.24) is 0 Å². The van der Waals surface area contributed by atoms with Crippen LogP contribution in [-0.4, -0.2) is 23.1 Å². The Morgan fingerprint density at radius 3 is 2.13 bits per heavy atom. The largest absolute Gasteiger partial charge is 0.284 e. The number of benzene rings is 2. The van der Waals surface area contributed by atoms with Gasteiger partial charge in [-0.3, -0.25) is 9.44 Å². The van der Waals surface area contributed by atoms with Crippen LogP contribution in [0.5, 0.6) is 0 Å². The molecule has 120 valence electrons. The van der Waals surface area contributed by atoms with Crippen LogP contribution >= 0.6 is 0 Å². The summed E-state index contributed by atoms with van der Waals surface area (Å²) in [5.41, 5.74) is 0.653.